The van der Waals surface area contributed by atoms with E-state index in [1.54, 1.807) is 31.4 Å². The molecule has 31 heavy (non-hydrogen) atoms. The number of amides is 1. The summed E-state index contributed by atoms with van der Waals surface area (Å²) < 4.78 is 38.4. The molecule has 0 radical (unpaired) electrons. The van der Waals surface area contributed by atoms with Crippen LogP contribution in [0, 0.1) is 0 Å². The van der Waals surface area contributed by atoms with Crippen LogP contribution in [0.5, 0.6) is 5.75 Å². The van der Waals surface area contributed by atoms with Gasteiger partial charge in [0.25, 0.3) is 0 Å². The van der Waals surface area contributed by atoms with Gasteiger partial charge in [-0.2, -0.15) is 4.31 Å². The predicted octanol–water partition coefficient (Wildman–Crippen LogP) is 1.11. The van der Waals surface area contributed by atoms with E-state index in [0.717, 1.165) is 16.9 Å². The molecule has 10 heteroatoms. The molecule has 1 aliphatic heterocycles. The van der Waals surface area contributed by atoms with Crippen molar-refractivity contribution >= 4 is 27.0 Å². The fraction of sp³-hybridized carbons (Fsp3) is 0.333. The molecule has 0 unspecified atom stereocenters. The molecule has 0 spiro atoms. The topological polar surface area (TPSA) is 111 Å². The lowest BCUT2D eigenvalue weighted by Gasteiger charge is -2.28. The van der Waals surface area contributed by atoms with Gasteiger partial charge in [0.2, 0.25) is 15.9 Å². The van der Waals surface area contributed by atoms with Crippen LogP contribution in [0.3, 0.4) is 0 Å². The maximum absolute atomic E-state index is 12.7. The Morgan fingerprint density at radius 3 is 2.81 bits per heavy atom. The van der Waals surface area contributed by atoms with Gasteiger partial charge in [-0.05, 0) is 41.8 Å². The summed E-state index contributed by atoms with van der Waals surface area (Å²) in [7, 11) is -1.94. The quantitative estimate of drug-likeness (QED) is 0.583. The highest BCUT2D eigenvalue weighted by molar-refractivity contribution is 7.89. The van der Waals surface area contributed by atoms with E-state index in [9.17, 15) is 18.0 Å². The largest absolute Gasteiger partial charge is 0.497 e. The first-order chi connectivity index (χ1) is 14.9. The summed E-state index contributed by atoms with van der Waals surface area (Å²) in [6.07, 6.45) is 0.606. The highest BCUT2D eigenvalue weighted by atomic mass is 32.2. The summed E-state index contributed by atoms with van der Waals surface area (Å²) in [5.74, 6) is -0.555. The Morgan fingerprint density at radius 1 is 1.19 bits per heavy atom. The maximum Gasteiger partial charge on any atom is 0.420 e. The van der Waals surface area contributed by atoms with Crippen molar-refractivity contribution in [3.8, 4) is 5.75 Å². The van der Waals surface area contributed by atoms with E-state index in [4.69, 9.17) is 9.15 Å². The first-order valence-corrected chi connectivity index (χ1v) is 11.5. The second-order valence-electron chi connectivity index (χ2n) is 7.31. The number of hydrogen-bond donors (Lipinski definition) is 1. The van der Waals surface area contributed by atoms with Crippen LogP contribution in [0.2, 0.25) is 0 Å². The van der Waals surface area contributed by atoms with Crippen molar-refractivity contribution in [3.05, 3.63) is 64.1 Å². The number of oxazole rings is 1. The molecule has 1 aliphatic rings. The summed E-state index contributed by atoms with van der Waals surface area (Å²) >= 11 is 0. The number of aromatic nitrogens is 1. The highest BCUT2D eigenvalue weighted by Gasteiger charge is 2.26. The predicted molar refractivity (Wildman–Crippen MR) is 114 cm³/mol. The van der Waals surface area contributed by atoms with Gasteiger partial charge in [0.05, 0.1) is 18.4 Å². The van der Waals surface area contributed by atoms with Gasteiger partial charge in [-0.15, -0.1) is 0 Å². The van der Waals surface area contributed by atoms with Crippen LogP contribution in [-0.2, 0) is 34.3 Å². The Balaban J connectivity index is 1.34. The van der Waals surface area contributed by atoms with E-state index in [0.29, 0.717) is 30.6 Å². The molecular formula is C21H23N3O6S. The lowest BCUT2D eigenvalue weighted by molar-refractivity contribution is -0.121. The number of rotatable bonds is 7. The molecule has 0 saturated heterocycles. The molecule has 9 nitrogen and oxygen atoms in total. The van der Waals surface area contributed by atoms with Crippen molar-refractivity contribution < 1.29 is 22.4 Å². The number of methoxy groups -OCH3 is 1. The van der Waals surface area contributed by atoms with Crippen molar-refractivity contribution in [2.24, 2.45) is 0 Å². The zero-order chi connectivity index (χ0) is 22.0. The summed E-state index contributed by atoms with van der Waals surface area (Å²) in [5, 5.41) is 2.58. The Hall–Kier alpha value is -3.11. The zero-order valence-electron chi connectivity index (χ0n) is 17.0. The first kappa shape index (κ1) is 21.1. The number of carbonyl (C=O) groups excluding carboxylic acids is 1. The minimum absolute atomic E-state index is 0.0440. The number of hydrogen-bond acceptors (Lipinski definition) is 6. The van der Waals surface area contributed by atoms with E-state index >= 15 is 0 Å². The van der Waals surface area contributed by atoms with Gasteiger partial charge in [0.15, 0.2) is 5.58 Å². The third kappa shape index (κ3) is 4.49. The summed E-state index contributed by atoms with van der Waals surface area (Å²) in [4.78, 5) is 24.2. The van der Waals surface area contributed by atoms with E-state index in [-0.39, 0.29) is 18.8 Å². The van der Waals surface area contributed by atoms with Gasteiger partial charge < -0.3 is 14.5 Å². The summed E-state index contributed by atoms with van der Waals surface area (Å²) in [6.45, 7) is 0.394. The molecule has 0 atom stereocenters. The van der Waals surface area contributed by atoms with Crippen LogP contribution in [-0.4, -0.2) is 49.1 Å². The zero-order valence-corrected chi connectivity index (χ0v) is 17.9. The van der Waals surface area contributed by atoms with Crippen LogP contribution in [0.15, 0.2) is 51.7 Å². The SMILES string of the molecule is COc1ccc2c(c1)CCN(S(=O)(=O)CCNC(=O)Cn1c(=O)oc3ccccc31)C2. The van der Waals surface area contributed by atoms with Gasteiger partial charge in [0.1, 0.15) is 12.3 Å². The Kier molecular flexibility index (Phi) is 5.84. The molecule has 0 fully saturated rings. The van der Waals surface area contributed by atoms with Crippen LogP contribution in [0.1, 0.15) is 11.1 Å². The van der Waals surface area contributed by atoms with Gasteiger partial charge in [-0.25, -0.2) is 13.2 Å². The molecule has 0 aliphatic carbocycles. The fourth-order valence-corrected chi connectivity index (χ4v) is 5.00. The third-order valence-electron chi connectivity index (χ3n) is 5.34. The number of para-hydroxylation sites is 2. The summed E-state index contributed by atoms with van der Waals surface area (Å²) in [5.41, 5.74) is 2.94. The van der Waals surface area contributed by atoms with Gasteiger partial charge in [-0.3, -0.25) is 9.36 Å². The van der Waals surface area contributed by atoms with Crippen LogP contribution in [0.25, 0.3) is 11.1 Å². The molecule has 3 aromatic rings. The minimum Gasteiger partial charge on any atom is -0.497 e. The lowest BCUT2D eigenvalue weighted by atomic mass is 10.0. The number of sulfonamides is 1. The molecule has 2 aromatic carbocycles. The molecule has 1 N–H and O–H groups in total. The van der Waals surface area contributed by atoms with Gasteiger partial charge >= 0.3 is 5.76 Å². The molecule has 0 bridgehead atoms. The fourth-order valence-electron chi connectivity index (χ4n) is 3.68. The third-order valence-corrected chi connectivity index (χ3v) is 7.16. The van der Waals surface area contributed by atoms with Crippen LogP contribution in [0.4, 0.5) is 0 Å². The molecule has 4 rings (SSSR count). The minimum atomic E-state index is -3.54. The average molecular weight is 445 g/mol. The number of carbonyl (C=O) groups is 1. The standard InChI is InChI=1S/C21H23N3O6S/c1-29-17-7-6-16-13-23(10-8-15(16)12-17)31(27,28)11-9-22-20(25)14-24-18-4-2-3-5-19(18)30-21(24)26/h2-7,12H,8-11,13-14H2,1H3,(H,22,25). The van der Waals surface area contributed by atoms with E-state index in [1.165, 1.54) is 8.87 Å². The lowest BCUT2D eigenvalue weighted by Crippen LogP contribution is -2.41. The van der Waals surface area contributed by atoms with Crippen LogP contribution < -0.4 is 15.8 Å². The van der Waals surface area contributed by atoms with E-state index in [1.807, 2.05) is 18.2 Å². The van der Waals surface area contributed by atoms with Gasteiger partial charge in [0, 0.05) is 19.6 Å². The highest BCUT2D eigenvalue weighted by Crippen LogP contribution is 2.25. The van der Waals surface area contributed by atoms with Crippen molar-refractivity contribution in [1.82, 2.24) is 14.2 Å². The van der Waals surface area contributed by atoms with Crippen LogP contribution >= 0.6 is 0 Å². The number of benzene rings is 2. The Bertz CT molecular complexity index is 1280. The maximum atomic E-state index is 12.7. The smallest absolute Gasteiger partial charge is 0.420 e. The molecule has 164 valence electrons. The van der Waals surface area contributed by atoms with Crippen molar-refractivity contribution in [3.63, 3.8) is 0 Å². The average Bonchev–Trinajstić information content (AvgIpc) is 3.07. The van der Waals surface area contributed by atoms with Gasteiger partial charge in [-0.1, -0.05) is 18.2 Å². The van der Waals surface area contributed by atoms with Crippen molar-refractivity contribution in [2.75, 3.05) is 26.0 Å². The summed E-state index contributed by atoms with van der Waals surface area (Å²) in [6, 6.07) is 12.4. The van der Waals surface area contributed by atoms with Crippen molar-refractivity contribution in [1.29, 1.82) is 0 Å². The molecule has 1 amide bonds. The normalized spacial score (nSPS) is 14.4. The number of nitrogens with zero attached hydrogens (tertiary/aromatic N) is 2. The Labute approximate surface area is 179 Å². The molecular weight excluding hydrogens is 422 g/mol. The van der Waals surface area contributed by atoms with Crippen molar-refractivity contribution in [2.45, 2.75) is 19.5 Å². The molecule has 0 saturated carbocycles. The van der Waals surface area contributed by atoms with E-state index < -0.39 is 21.7 Å². The Morgan fingerprint density at radius 2 is 2.00 bits per heavy atom. The second-order valence-corrected chi connectivity index (χ2v) is 9.39. The number of fused-ring (bicyclic) bond motifs is 2. The first-order valence-electron chi connectivity index (χ1n) is 9.86. The number of nitrogens with one attached hydrogen (secondary N) is 1. The molecule has 1 aromatic heterocycles. The monoisotopic (exact) mass is 445 g/mol. The number of ether oxygens (including phenoxy) is 1. The second kappa shape index (κ2) is 8.56. The van der Waals surface area contributed by atoms with E-state index in [2.05, 4.69) is 5.32 Å². The molecule has 2 heterocycles.